The van der Waals surface area contributed by atoms with Gasteiger partial charge in [-0.3, -0.25) is 4.79 Å². The van der Waals surface area contributed by atoms with E-state index in [2.05, 4.69) is 5.32 Å². The van der Waals surface area contributed by atoms with Crippen molar-refractivity contribution >= 4 is 28.2 Å². The fourth-order valence-corrected chi connectivity index (χ4v) is 3.76. The molecule has 0 saturated heterocycles. The number of carbonyl (C=O) groups is 1. The predicted molar refractivity (Wildman–Crippen MR) is 101 cm³/mol. The maximum atomic E-state index is 12.6. The van der Waals surface area contributed by atoms with Crippen LogP contribution in [0.15, 0.2) is 69.0 Å². The Hall–Kier alpha value is -3.03. The Morgan fingerprint density at radius 1 is 1.26 bits per heavy atom. The number of amides is 1. The molecular weight excluding hydrogens is 366 g/mol. The van der Waals surface area contributed by atoms with Gasteiger partial charge in [0.1, 0.15) is 5.76 Å². The first-order chi connectivity index (χ1) is 13.1. The molecule has 7 heteroatoms. The highest BCUT2D eigenvalue weighted by Gasteiger charge is 2.36. The summed E-state index contributed by atoms with van der Waals surface area (Å²) in [6, 6.07) is 14.1. The minimum atomic E-state index is -1.46. The molecule has 0 saturated carbocycles. The molecule has 6 nitrogen and oxygen atoms in total. The number of carbonyl (C=O) groups excluding carboxylic acids is 1. The Morgan fingerprint density at radius 3 is 2.85 bits per heavy atom. The number of hydrogen-bond acceptors (Lipinski definition) is 6. The minimum absolute atomic E-state index is 0.0615. The van der Waals surface area contributed by atoms with Crippen molar-refractivity contribution in [3.8, 4) is 5.75 Å². The van der Waals surface area contributed by atoms with Crippen molar-refractivity contribution < 1.29 is 23.5 Å². The van der Waals surface area contributed by atoms with E-state index in [1.807, 2.05) is 23.6 Å². The van der Waals surface area contributed by atoms with Crippen LogP contribution in [0.1, 0.15) is 21.2 Å². The van der Waals surface area contributed by atoms with Gasteiger partial charge in [0.15, 0.2) is 22.7 Å². The zero-order valence-corrected chi connectivity index (χ0v) is 15.3. The topological polar surface area (TPSA) is 84.8 Å². The molecule has 0 aliphatic heterocycles. The van der Waals surface area contributed by atoms with Gasteiger partial charge in [-0.25, -0.2) is 0 Å². The summed E-state index contributed by atoms with van der Waals surface area (Å²) in [6.45, 7) is -0.0615. The molecule has 0 fully saturated rings. The number of para-hydroxylation sites is 1. The van der Waals surface area contributed by atoms with Crippen LogP contribution in [0.5, 0.6) is 5.75 Å². The molecule has 1 aromatic carbocycles. The zero-order valence-electron chi connectivity index (χ0n) is 14.5. The molecule has 3 heterocycles. The van der Waals surface area contributed by atoms with E-state index in [0.717, 1.165) is 5.39 Å². The molecule has 0 aliphatic carbocycles. The van der Waals surface area contributed by atoms with Gasteiger partial charge in [-0.2, -0.15) is 0 Å². The van der Waals surface area contributed by atoms with Gasteiger partial charge in [-0.05, 0) is 35.7 Å². The van der Waals surface area contributed by atoms with Crippen LogP contribution in [0.4, 0.5) is 0 Å². The van der Waals surface area contributed by atoms with Crippen LogP contribution >= 0.6 is 11.3 Å². The molecule has 1 amide bonds. The number of methoxy groups -OCH3 is 1. The Kier molecular flexibility index (Phi) is 4.47. The molecule has 27 heavy (non-hydrogen) atoms. The molecule has 2 N–H and O–H groups in total. The van der Waals surface area contributed by atoms with Gasteiger partial charge in [0.05, 0.1) is 19.9 Å². The number of thiophene rings is 1. The first-order valence-corrected chi connectivity index (χ1v) is 9.15. The van der Waals surface area contributed by atoms with Crippen molar-refractivity contribution in [2.24, 2.45) is 0 Å². The van der Waals surface area contributed by atoms with E-state index in [-0.39, 0.29) is 12.3 Å². The first kappa shape index (κ1) is 17.4. The molecule has 0 radical (unpaired) electrons. The van der Waals surface area contributed by atoms with Crippen LogP contribution in [0.2, 0.25) is 0 Å². The summed E-state index contributed by atoms with van der Waals surface area (Å²) < 4.78 is 16.3. The van der Waals surface area contributed by atoms with E-state index in [1.54, 1.807) is 37.4 Å². The van der Waals surface area contributed by atoms with E-state index in [0.29, 0.717) is 22.0 Å². The van der Waals surface area contributed by atoms with Gasteiger partial charge in [-0.15, -0.1) is 11.3 Å². The summed E-state index contributed by atoms with van der Waals surface area (Å²) in [7, 11) is 1.54. The van der Waals surface area contributed by atoms with Crippen LogP contribution in [-0.2, 0) is 5.60 Å². The minimum Gasteiger partial charge on any atom is -0.493 e. The van der Waals surface area contributed by atoms with Crippen molar-refractivity contribution in [1.29, 1.82) is 0 Å². The van der Waals surface area contributed by atoms with Crippen LogP contribution in [0, 0.1) is 0 Å². The van der Waals surface area contributed by atoms with Crippen molar-refractivity contribution in [3.63, 3.8) is 0 Å². The maximum Gasteiger partial charge on any atom is 0.287 e. The molecular formula is C20H17NO5S. The highest BCUT2D eigenvalue weighted by atomic mass is 32.1. The molecule has 1 unspecified atom stereocenters. The van der Waals surface area contributed by atoms with E-state index >= 15 is 0 Å². The standard InChI is InChI=1S/C20H17NO5S/c1-24-14-6-2-5-13-11-15(26-18(13)14)19(22)21-12-20(23,16-7-3-9-25-16)17-8-4-10-27-17/h2-11,23H,12H2,1H3,(H,21,22). The van der Waals surface area contributed by atoms with Gasteiger partial charge in [-0.1, -0.05) is 18.2 Å². The predicted octanol–water partition coefficient (Wildman–Crippen LogP) is 3.76. The third-order valence-corrected chi connectivity index (χ3v) is 5.33. The van der Waals surface area contributed by atoms with Crippen LogP contribution in [0.3, 0.4) is 0 Å². The summed E-state index contributed by atoms with van der Waals surface area (Å²) in [5.41, 5.74) is -0.957. The Balaban J connectivity index is 1.59. The summed E-state index contributed by atoms with van der Waals surface area (Å²) in [6.07, 6.45) is 1.49. The average molecular weight is 383 g/mol. The lowest BCUT2D eigenvalue weighted by Crippen LogP contribution is -2.40. The molecule has 3 aromatic heterocycles. The molecule has 0 bridgehead atoms. The Bertz CT molecular complexity index is 1020. The second-order valence-corrected chi connectivity index (χ2v) is 6.93. The van der Waals surface area contributed by atoms with Gasteiger partial charge in [0, 0.05) is 10.3 Å². The second kappa shape index (κ2) is 6.94. The third kappa shape index (κ3) is 3.11. The fourth-order valence-electron chi connectivity index (χ4n) is 2.93. The Labute approximate surface area is 159 Å². The van der Waals surface area contributed by atoms with Crippen LogP contribution in [-0.4, -0.2) is 24.7 Å². The number of benzene rings is 1. The van der Waals surface area contributed by atoms with E-state index in [1.165, 1.54) is 17.6 Å². The normalized spacial score (nSPS) is 13.4. The van der Waals surface area contributed by atoms with Gasteiger partial charge >= 0.3 is 0 Å². The smallest absolute Gasteiger partial charge is 0.287 e. The number of ether oxygens (including phenoxy) is 1. The Morgan fingerprint density at radius 2 is 2.15 bits per heavy atom. The number of nitrogens with one attached hydrogen (secondary N) is 1. The number of hydrogen-bond donors (Lipinski definition) is 2. The summed E-state index contributed by atoms with van der Waals surface area (Å²) in [4.78, 5) is 13.3. The first-order valence-electron chi connectivity index (χ1n) is 8.27. The number of rotatable bonds is 6. The lowest BCUT2D eigenvalue weighted by molar-refractivity contribution is 0.0547. The number of aliphatic hydroxyl groups is 1. The highest BCUT2D eigenvalue weighted by molar-refractivity contribution is 7.10. The van der Waals surface area contributed by atoms with Crippen molar-refractivity contribution in [3.05, 3.63) is 76.6 Å². The second-order valence-electron chi connectivity index (χ2n) is 5.99. The highest BCUT2D eigenvalue weighted by Crippen LogP contribution is 2.33. The molecule has 0 spiro atoms. The maximum absolute atomic E-state index is 12.6. The van der Waals surface area contributed by atoms with E-state index < -0.39 is 11.5 Å². The van der Waals surface area contributed by atoms with Gasteiger partial charge in [0.2, 0.25) is 0 Å². The van der Waals surface area contributed by atoms with E-state index in [4.69, 9.17) is 13.6 Å². The number of fused-ring (bicyclic) bond motifs is 1. The third-order valence-electron chi connectivity index (χ3n) is 4.31. The molecule has 4 rings (SSSR count). The van der Waals surface area contributed by atoms with Gasteiger partial charge < -0.3 is 24.0 Å². The van der Waals surface area contributed by atoms with E-state index in [9.17, 15) is 9.90 Å². The van der Waals surface area contributed by atoms with Gasteiger partial charge in [0.25, 0.3) is 5.91 Å². The fraction of sp³-hybridized carbons (Fsp3) is 0.150. The molecule has 0 aliphatic rings. The average Bonchev–Trinajstić information content (AvgIpc) is 3.45. The van der Waals surface area contributed by atoms with Crippen LogP contribution in [0.25, 0.3) is 11.0 Å². The lowest BCUT2D eigenvalue weighted by Gasteiger charge is -2.25. The zero-order chi connectivity index (χ0) is 18.9. The SMILES string of the molecule is COc1cccc2cc(C(=O)NCC(O)(c3ccco3)c3cccs3)oc12. The van der Waals surface area contributed by atoms with Crippen LogP contribution < -0.4 is 10.1 Å². The summed E-state index contributed by atoms with van der Waals surface area (Å²) in [5.74, 6) is 0.617. The van der Waals surface area contributed by atoms with Crippen molar-refractivity contribution in [2.45, 2.75) is 5.60 Å². The van der Waals surface area contributed by atoms with Crippen molar-refractivity contribution in [2.75, 3.05) is 13.7 Å². The summed E-state index contributed by atoms with van der Waals surface area (Å²) in [5, 5.41) is 16.6. The molecule has 138 valence electrons. The largest absolute Gasteiger partial charge is 0.493 e. The monoisotopic (exact) mass is 383 g/mol. The summed E-state index contributed by atoms with van der Waals surface area (Å²) >= 11 is 1.38. The lowest BCUT2D eigenvalue weighted by atomic mass is 9.98. The number of furan rings is 2. The molecule has 1 atom stereocenters. The quantitative estimate of drug-likeness (QED) is 0.530. The van der Waals surface area contributed by atoms with Crippen molar-refractivity contribution in [1.82, 2.24) is 5.32 Å². The molecule has 4 aromatic rings.